The van der Waals surface area contributed by atoms with E-state index in [4.69, 9.17) is 31.8 Å². The number of nitrogens with two attached hydrogens (primary N) is 3. The largest absolute Gasteiger partial charge is 0.497 e. The molecule has 1 aromatic carbocycles. The molecule has 76 heavy (non-hydrogen) atoms. The number of nitrogens with one attached hydrogen (secondary N) is 7. The van der Waals surface area contributed by atoms with Crippen molar-refractivity contribution in [3.05, 3.63) is 29.8 Å². The summed E-state index contributed by atoms with van der Waals surface area (Å²) in [4.78, 5) is 157. The number of amides is 11. The van der Waals surface area contributed by atoms with Gasteiger partial charge in [0.05, 0.1) is 20.1 Å². The fraction of sp³-hybridized carbons (Fsp3) is 0.617. The van der Waals surface area contributed by atoms with Crippen LogP contribution in [-0.4, -0.2) is 161 Å². The summed E-state index contributed by atoms with van der Waals surface area (Å²) >= 11 is 1.18. The van der Waals surface area contributed by atoms with Gasteiger partial charge in [0.15, 0.2) is 0 Å². The van der Waals surface area contributed by atoms with E-state index < -0.39 is 145 Å². The van der Waals surface area contributed by atoms with Gasteiger partial charge in [0.25, 0.3) is 0 Å². The molecule has 0 spiro atoms. The normalized spacial score (nSPS) is 22.1. The summed E-state index contributed by atoms with van der Waals surface area (Å²) in [6.07, 6.45) is -5.26. The highest BCUT2D eigenvalue weighted by molar-refractivity contribution is 7.99. The first-order valence-corrected chi connectivity index (χ1v) is 25.5. The topological polar surface area (TPSA) is 400 Å². The molecular weight excluding hydrogens is 1030 g/mol. The number of methoxy groups -OCH3 is 1. The van der Waals surface area contributed by atoms with Crippen LogP contribution in [-0.2, 0) is 64.0 Å². The number of carbonyl (C=O) groups is 12. The van der Waals surface area contributed by atoms with Gasteiger partial charge < -0.3 is 69.2 Å². The molecule has 0 radical (unpaired) electrons. The molecule has 8 atom stereocenters. The Morgan fingerprint density at radius 3 is 1.99 bits per heavy atom. The number of ether oxygens (including phenoxy) is 1. The molecule has 0 aromatic heterocycles. The molecule has 1 aromatic rings. The number of thioether (sulfide) groups is 1. The van der Waals surface area contributed by atoms with E-state index in [9.17, 15) is 65.9 Å². The number of nitrogens with zero attached hydrogens (tertiary/aromatic N) is 1. The SMILES string of the molecule is CC[C@H](C)[C@@H]1NC(=O)[C@H](Cc2ccc(OC)cc2)NC(=O)CCCSC[C@@H](C(=O)N2CCC[C@H]2C(=O)N[C@@H](CC(C)C)C(=O)NCC(N)=O)NC(=O)[C@@H](CC(N)=O)NC(=O)[C@H](CCC(N)=O)NC1=O.O=C(O)C(F)(F)F. The minimum atomic E-state index is -5.08. The minimum absolute atomic E-state index is 0.0237. The van der Waals surface area contributed by atoms with E-state index in [1.165, 1.54) is 23.8 Å². The molecule has 2 saturated heterocycles. The molecule has 0 aliphatic carbocycles. The third kappa shape index (κ3) is 22.7. The third-order valence-electron chi connectivity index (χ3n) is 11.8. The molecule has 14 N–H and O–H groups in total. The predicted octanol–water partition coefficient (Wildman–Crippen LogP) is -1.87. The molecule has 0 bridgehead atoms. The lowest BCUT2D eigenvalue weighted by Crippen LogP contribution is -2.61. The zero-order valence-corrected chi connectivity index (χ0v) is 43.7. The van der Waals surface area contributed by atoms with Crippen molar-refractivity contribution in [3.63, 3.8) is 0 Å². The van der Waals surface area contributed by atoms with Gasteiger partial charge in [0.2, 0.25) is 65.0 Å². The Morgan fingerprint density at radius 1 is 0.829 bits per heavy atom. The van der Waals surface area contributed by atoms with Crippen LogP contribution < -0.4 is 59.2 Å². The highest BCUT2D eigenvalue weighted by Gasteiger charge is 2.41. The lowest BCUT2D eigenvalue weighted by molar-refractivity contribution is -0.192. The van der Waals surface area contributed by atoms with Crippen LogP contribution in [0.4, 0.5) is 13.2 Å². The van der Waals surface area contributed by atoms with Crippen LogP contribution in [0.5, 0.6) is 5.75 Å². The van der Waals surface area contributed by atoms with Crippen molar-refractivity contribution >= 4 is 82.7 Å². The number of benzene rings is 1. The Bertz CT molecular complexity index is 2240. The van der Waals surface area contributed by atoms with Crippen LogP contribution in [0.3, 0.4) is 0 Å². The number of alkyl halides is 3. The zero-order valence-electron chi connectivity index (χ0n) is 42.9. The molecule has 3 rings (SSSR count). The summed E-state index contributed by atoms with van der Waals surface area (Å²) in [5, 5.41) is 25.3. The molecule has 0 unspecified atom stereocenters. The summed E-state index contributed by atoms with van der Waals surface area (Å²) in [6, 6.07) is -2.40. The number of rotatable bonds is 18. The average molecular weight is 1100 g/mol. The first-order valence-electron chi connectivity index (χ1n) is 24.3. The van der Waals surface area contributed by atoms with E-state index in [0.29, 0.717) is 24.2 Å². The highest BCUT2D eigenvalue weighted by Crippen LogP contribution is 2.22. The van der Waals surface area contributed by atoms with Gasteiger partial charge in [-0.1, -0.05) is 46.2 Å². The van der Waals surface area contributed by atoms with Crippen molar-refractivity contribution in [2.45, 2.75) is 140 Å². The van der Waals surface area contributed by atoms with Crippen LogP contribution in [0, 0.1) is 11.8 Å². The van der Waals surface area contributed by atoms with E-state index in [2.05, 4.69) is 37.2 Å². The second-order valence-corrected chi connectivity index (χ2v) is 19.6. The van der Waals surface area contributed by atoms with Crippen molar-refractivity contribution in [1.82, 2.24) is 42.1 Å². The van der Waals surface area contributed by atoms with Crippen molar-refractivity contribution in [2.24, 2.45) is 29.0 Å². The molecule has 424 valence electrons. The summed E-state index contributed by atoms with van der Waals surface area (Å²) in [7, 11) is 1.50. The number of likely N-dealkylation sites (tertiary alicyclic amines) is 1. The number of carboxylic acid groups (broad SMARTS) is 1. The van der Waals surface area contributed by atoms with E-state index in [1.54, 1.807) is 38.1 Å². The Morgan fingerprint density at radius 2 is 1.43 bits per heavy atom. The van der Waals surface area contributed by atoms with Crippen molar-refractivity contribution in [2.75, 3.05) is 31.7 Å². The van der Waals surface area contributed by atoms with E-state index >= 15 is 0 Å². The van der Waals surface area contributed by atoms with Crippen LogP contribution in [0.15, 0.2) is 24.3 Å². The summed E-state index contributed by atoms with van der Waals surface area (Å²) in [5.74, 6) is -11.4. The summed E-state index contributed by atoms with van der Waals surface area (Å²) in [6.45, 7) is 6.75. The van der Waals surface area contributed by atoms with Crippen LogP contribution in [0.1, 0.15) is 91.0 Å². The average Bonchev–Trinajstić information content (AvgIpc) is 3.84. The lowest BCUT2D eigenvalue weighted by atomic mass is 9.96. The molecule has 25 nitrogen and oxygen atoms in total. The number of carbonyl (C=O) groups excluding carboxylic acids is 11. The standard InChI is InChI=1S/C45H69N11O12S.C2HF3O2/c1-6-25(4)38-44(66)51-28(15-16-34(46)57)40(62)52-31(21-35(47)58)41(63)54-32(23-69-18-8-10-37(60)50-30(42(64)55-38)20-26-11-13-27(68-5)14-12-26)45(67)56-17-7-9-33(56)43(65)53-29(19-24(2)3)39(61)49-22-36(48)59;3-2(4,5)1(6)7/h11-14,24-25,28-33,38H,6-10,15-23H2,1-5H3,(H2,46,57)(H2,47,58)(H2,48,59)(H,49,61)(H,50,60)(H,51,66)(H,52,62)(H,53,65)(H,54,63)(H,55,64);(H,6,7)/t25-,28-,29-,30-,31+,32-,33-,38-;/m0./s1. The van der Waals surface area contributed by atoms with Gasteiger partial charge in [-0.05, 0) is 67.4 Å². The van der Waals surface area contributed by atoms with E-state index in [0.717, 1.165) is 0 Å². The number of aliphatic carboxylic acids is 1. The molecule has 29 heteroatoms. The van der Waals surface area contributed by atoms with Crippen LogP contribution >= 0.6 is 11.8 Å². The Labute approximate surface area is 440 Å². The molecule has 2 fully saturated rings. The molecule has 0 saturated carbocycles. The molecule has 2 aliphatic rings. The van der Waals surface area contributed by atoms with Gasteiger partial charge in [0.1, 0.15) is 48.0 Å². The predicted molar refractivity (Wildman–Crippen MR) is 267 cm³/mol. The van der Waals surface area contributed by atoms with Crippen molar-refractivity contribution in [1.29, 1.82) is 0 Å². The number of carboxylic acids is 1. The van der Waals surface area contributed by atoms with Gasteiger partial charge in [0, 0.05) is 31.6 Å². The van der Waals surface area contributed by atoms with Crippen molar-refractivity contribution in [3.8, 4) is 5.75 Å². The summed E-state index contributed by atoms with van der Waals surface area (Å²) in [5.41, 5.74) is 16.8. The molecule has 11 amide bonds. The second-order valence-electron chi connectivity index (χ2n) is 18.4. The number of hydrogen-bond donors (Lipinski definition) is 11. The maximum absolute atomic E-state index is 14.5. The number of hydrogen-bond acceptors (Lipinski definition) is 14. The Balaban J connectivity index is 0.00000263. The fourth-order valence-electron chi connectivity index (χ4n) is 7.68. The van der Waals surface area contributed by atoms with Gasteiger partial charge in [-0.2, -0.15) is 24.9 Å². The van der Waals surface area contributed by atoms with Crippen LogP contribution in [0.25, 0.3) is 0 Å². The number of halogens is 3. The molecule has 2 heterocycles. The second kappa shape index (κ2) is 31.6. The molecular formula is C47H70F3N11O14S. The van der Waals surface area contributed by atoms with E-state index in [1.807, 2.05) is 13.8 Å². The van der Waals surface area contributed by atoms with Crippen LogP contribution in [0.2, 0.25) is 0 Å². The van der Waals surface area contributed by atoms with Gasteiger partial charge in [-0.3, -0.25) is 52.7 Å². The fourth-order valence-corrected chi connectivity index (χ4v) is 8.66. The minimum Gasteiger partial charge on any atom is -0.497 e. The maximum Gasteiger partial charge on any atom is 0.490 e. The van der Waals surface area contributed by atoms with Crippen molar-refractivity contribution < 1.29 is 80.5 Å². The van der Waals surface area contributed by atoms with Gasteiger partial charge in [-0.25, -0.2) is 4.79 Å². The smallest absolute Gasteiger partial charge is 0.490 e. The first kappa shape index (κ1) is 64.9. The third-order valence-corrected chi connectivity index (χ3v) is 13.0. The maximum atomic E-state index is 14.5. The highest BCUT2D eigenvalue weighted by atomic mass is 32.2. The molecule has 2 aliphatic heterocycles. The monoisotopic (exact) mass is 1100 g/mol. The lowest BCUT2D eigenvalue weighted by Gasteiger charge is -2.31. The van der Waals surface area contributed by atoms with Gasteiger partial charge >= 0.3 is 12.1 Å². The number of primary amides is 3. The first-order chi connectivity index (χ1) is 35.6. The quantitative estimate of drug-likeness (QED) is 0.0768. The Kier molecular flexibility index (Phi) is 27.0. The van der Waals surface area contributed by atoms with Gasteiger partial charge in [-0.15, -0.1) is 0 Å². The summed E-state index contributed by atoms with van der Waals surface area (Å²) < 4.78 is 37.0. The Hall–Kier alpha value is -7.20. The zero-order chi connectivity index (χ0) is 57.4. The van der Waals surface area contributed by atoms with E-state index in [-0.39, 0.29) is 62.5 Å².